The van der Waals surface area contributed by atoms with E-state index in [0.29, 0.717) is 19.7 Å². The first-order valence-electron chi connectivity index (χ1n) is 8.69. The van der Waals surface area contributed by atoms with E-state index in [-0.39, 0.29) is 35.3 Å². The van der Waals surface area contributed by atoms with Gasteiger partial charge in [0, 0.05) is 26.2 Å². The van der Waals surface area contributed by atoms with Crippen LogP contribution >= 0.6 is 11.6 Å². The minimum atomic E-state index is -3.66. The van der Waals surface area contributed by atoms with Gasteiger partial charge < -0.3 is 9.64 Å². The lowest BCUT2D eigenvalue weighted by Crippen LogP contribution is -2.50. The summed E-state index contributed by atoms with van der Waals surface area (Å²) in [5.41, 5.74) is 0. The lowest BCUT2D eigenvalue weighted by atomic mass is 10.3. The van der Waals surface area contributed by atoms with Crippen molar-refractivity contribution in [3.05, 3.63) is 59.6 Å². The number of carbonyl (C=O) groups is 1. The molecular weight excluding hydrogens is 388 g/mol. The van der Waals surface area contributed by atoms with E-state index in [9.17, 15) is 13.2 Å². The summed E-state index contributed by atoms with van der Waals surface area (Å²) in [6.07, 6.45) is 0.256. The average Bonchev–Trinajstić information content (AvgIpc) is 2.69. The van der Waals surface area contributed by atoms with E-state index < -0.39 is 10.0 Å². The zero-order chi connectivity index (χ0) is 19.3. The molecule has 144 valence electrons. The first-order valence-corrected chi connectivity index (χ1v) is 10.5. The molecule has 6 nitrogen and oxygen atoms in total. The van der Waals surface area contributed by atoms with Crippen molar-refractivity contribution in [3.63, 3.8) is 0 Å². The van der Waals surface area contributed by atoms with Gasteiger partial charge in [-0.2, -0.15) is 4.31 Å². The summed E-state index contributed by atoms with van der Waals surface area (Å²) < 4.78 is 32.4. The molecule has 0 atom stereocenters. The Bertz CT molecular complexity index is 882. The van der Waals surface area contributed by atoms with Crippen LogP contribution in [0.15, 0.2) is 59.5 Å². The van der Waals surface area contributed by atoms with Crippen LogP contribution in [0.2, 0.25) is 5.02 Å². The maximum absolute atomic E-state index is 12.7. The number of para-hydroxylation sites is 1. The predicted molar refractivity (Wildman–Crippen MR) is 103 cm³/mol. The Morgan fingerprint density at radius 2 is 1.59 bits per heavy atom. The fourth-order valence-corrected chi connectivity index (χ4v) is 4.82. The Hall–Kier alpha value is -2.09. The number of ether oxygens (including phenoxy) is 1. The molecule has 27 heavy (non-hydrogen) atoms. The smallest absolute Gasteiger partial charge is 0.244 e. The molecule has 2 aromatic rings. The highest BCUT2D eigenvalue weighted by Crippen LogP contribution is 2.25. The number of carbonyl (C=O) groups excluding carboxylic acids is 1. The van der Waals surface area contributed by atoms with Gasteiger partial charge in [0.2, 0.25) is 15.9 Å². The van der Waals surface area contributed by atoms with Gasteiger partial charge in [-0.1, -0.05) is 41.9 Å². The third kappa shape index (κ3) is 4.80. The van der Waals surface area contributed by atoms with Gasteiger partial charge in [0.25, 0.3) is 0 Å². The van der Waals surface area contributed by atoms with Crippen molar-refractivity contribution >= 4 is 27.5 Å². The standard InChI is InChI=1S/C19H21ClN2O4S/c20-17-8-4-5-9-18(17)27(24,25)22-13-11-21(12-14-22)19(23)10-15-26-16-6-2-1-3-7-16/h1-9H,10-15H2. The largest absolute Gasteiger partial charge is 0.493 e. The molecule has 1 fully saturated rings. The lowest BCUT2D eigenvalue weighted by Gasteiger charge is -2.34. The van der Waals surface area contributed by atoms with Crippen molar-refractivity contribution in [1.29, 1.82) is 0 Å². The van der Waals surface area contributed by atoms with Crippen LogP contribution in [0.5, 0.6) is 5.75 Å². The molecule has 1 aliphatic heterocycles. The van der Waals surface area contributed by atoms with Crippen molar-refractivity contribution in [2.24, 2.45) is 0 Å². The summed E-state index contributed by atoms with van der Waals surface area (Å²) in [6, 6.07) is 15.7. The molecule has 1 heterocycles. The quantitative estimate of drug-likeness (QED) is 0.737. The molecule has 0 aromatic heterocycles. The third-order valence-corrected chi connectivity index (χ3v) is 6.77. The molecular formula is C19H21ClN2O4S. The molecule has 0 saturated carbocycles. The van der Waals surface area contributed by atoms with Crippen LogP contribution in [0.25, 0.3) is 0 Å². The molecule has 1 amide bonds. The molecule has 8 heteroatoms. The summed E-state index contributed by atoms with van der Waals surface area (Å²) in [4.78, 5) is 14.1. The van der Waals surface area contributed by atoms with E-state index in [1.165, 1.54) is 10.4 Å². The Balaban J connectivity index is 1.51. The van der Waals surface area contributed by atoms with E-state index in [4.69, 9.17) is 16.3 Å². The second-order valence-electron chi connectivity index (χ2n) is 6.13. The highest BCUT2D eigenvalue weighted by atomic mass is 35.5. The first-order chi connectivity index (χ1) is 13.0. The molecule has 0 N–H and O–H groups in total. The molecule has 1 saturated heterocycles. The number of amides is 1. The topological polar surface area (TPSA) is 66.9 Å². The SMILES string of the molecule is O=C(CCOc1ccccc1)N1CCN(S(=O)(=O)c2ccccc2Cl)CC1. The number of rotatable bonds is 6. The molecule has 0 radical (unpaired) electrons. The number of halogens is 1. The van der Waals surface area contributed by atoms with E-state index in [2.05, 4.69) is 0 Å². The van der Waals surface area contributed by atoms with Crippen LogP contribution in [-0.2, 0) is 14.8 Å². The Morgan fingerprint density at radius 1 is 0.963 bits per heavy atom. The molecule has 0 spiro atoms. The number of nitrogens with zero attached hydrogens (tertiary/aromatic N) is 2. The summed E-state index contributed by atoms with van der Waals surface area (Å²) >= 11 is 6.03. The minimum absolute atomic E-state index is 0.0410. The molecule has 0 aliphatic carbocycles. The maximum Gasteiger partial charge on any atom is 0.244 e. The zero-order valence-corrected chi connectivity index (χ0v) is 16.3. The van der Waals surface area contributed by atoms with Gasteiger partial charge in [-0.05, 0) is 24.3 Å². The van der Waals surface area contributed by atoms with Crippen LogP contribution in [0.3, 0.4) is 0 Å². The van der Waals surface area contributed by atoms with Gasteiger partial charge in [0.05, 0.1) is 18.1 Å². The summed E-state index contributed by atoms with van der Waals surface area (Å²) in [6.45, 7) is 1.50. The predicted octanol–water partition coefficient (Wildman–Crippen LogP) is 2.64. The van der Waals surface area contributed by atoms with Gasteiger partial charge in [-0.25, -0.2) is 8.42 Å². The van der Waals surface area contributed by atoms with Crippen LogP contribution in [0.4, 0.5) is 0 Å². The zero-order valence-electron chi connectivity index (χ0n) is 14.8. The monoisotopic (exact) mass is 408 g/mol. The van der Waals surface area contributed by atoms with Crippen LogP contribution < -0.4 is 4.74 Å². The molecule has 0 bridgehead atoms. The summed E-state index contributed by atoms with van der Waals surface area (Å²) in [7, 11) is -3.66. The molecule has 2 aromatic carbocycles. The number of sulfonamides is 1. The van der Waals surface area contributed by atoms with Gasteiger partial charge >= 0.3 is 0 Å². The van der Waals surface area contributed by atoms with Gasteiger partial charge in [-0.3, -0.25) is 4.79 Å². The third-order valence-electron chi connectivity index (χ3n) is 4.37. The van der Waals surface area contributed by atoms with Gasteiger partial charge in [0.15, 0.2) is 0 Å². The maximum atomic E-state index is 12.7. The fraction of sp³-hybridized carbons (Fsp3) is 0.316. The number of piperazine rings is 1. The van der Waals surface area contributed by atoms with Crippen molar-refractivity contribution in [3.8, 4) is 5.75 Å². The molecule has 1 aliphatic rings. The minimum Gasteiger partial charge on any atom is -0.493 e. The van der Waals surface area contributed by atoms with E-state index in [1.54, 1.807) is 23.1 Å². The highest BCUT2D eigenvalue weighted by molar-refractivity contribution is 7.89. The Kier molecular flexibility index (Phi) is 6.36. The number of hydrogen-bond acceptors (Lipinski definition) is 4. The van der Waals surface area contributed by atoms with E-state index in [0.717, 1.165) is 5.75 Å². The molecule has 0 unspecified atom stereocenters. The van der Waals surface area contributed by atoms with E-state index >= 15 is 0 Å². The second kappa shape index (κ2) is 8.73. The summed E-state index contributed by atoms with van der Waals surface area (Å²) in [5, 5.41) is 0.203. The van der Waals surface area contributed by atoms with Crippen molar-refractivity contribution in [1.82, 2.24) is 9.21 Å². The van der Waals surface area contributed by atoms with Crippen molar-refractivity contribution in [2.45, 2.75) is 11.3 Å². The van der Waals surface area contributed by atoms with Crippen molar-refractivity contribution in [2.75, 3.05) is 32.8 Å². The first kappa shape index (κ1) is 19.7. The normalized spacial score (nSPS) is 15.5. The average molecular weight is 409 g/mol. The fourth-order valence-electron chi connectivity index (χ4n) is 2.90. The van der Waals surface area contributed by atoms with Crippen LogP contribution in [0, 0.1) is 0 Å². The highest BCUT2D eigenvalue weighted by Gasteiger charge is 2.31. The lowest BCUT2D eigenvalue weighted by molar-refractivity contribution is -0.132. The Morgan fingerprint density at radius 3 is 2.26 bits per heavy atom. The van der Waals surface area contributed by atoms with Crippen LogP contribution in [0.1, 0.15) is 6.42 Å². The van der Waals surface area contributed by atoms with Gasteiger partial charge in [0.1, 0.15) is 10.6 Å². The Labute approximate surface area is 164 Å². The number of benzene rings is 2. The van der Waals surface area contributed by atoms with Crippen LogP contribution in [-0.4, -0.2) is 56.3 Å². The van der Waals surface area contributed by atoms with E-state index in [1.807, 2.05) is 30.3 Å². The molecule has 3 rings (SSSR count). The van der Waals surface area contributed by atoms with Crippen molar-refractivity contribution < 1.29 is 17.9 Å². The summed E-state index contributed by atoms with van der Waals surface area (Å²) in [5.74, 6) is 0.682. The van der Waals surface area contributed by atoms with Gasteiger partial charge in [-0.15, -0.1) is 0 Å². The number of hydrogen-bond donors (Lipinski definition) is 0. The second-order valence-corrected chi connectivity index (χ2v) is 8.44.